The molecule has 0 aliphatic heterocycles. The topological polar surface area (TPSA) is 73.3 Å². The van der Waals surface area contributed by atoms with Crippen LogP contribution in [0.2, 0.25) is 0 Å². The Labute approximate surface area is 135 Å². The summed E-state index contributed by atoms with van der Waals surface area (Å²) < 4.78 is 11.1. The number of hydrogen-bond acceptors (Lipinski definition) is 5. The largest absolute Gasteiger partial charge is 0.497 e. The second kappa shape index (κ2) is 6.81. The fourth-order valence-corrected chi connectivity index (χ4v) is 2.93. The molecule has 1 aromatic heterocycles. The molecule has 1 N–H and O–H groups in total. The maximum atomic E-state index is 11.1. The zero-order valence-electron chi connectivity index (χ0n) is 13.4. The minimum atomic E-state index is 0.0289. The summed E-state index contributed by atoms with van der Waals surface area (Å²) in [6.45, 7) is 1.56. The van der Waals surface area contributed by atoms with E-state index in [2.05, 4.69) is 15.3 Å². The first-order valence-electron chi connectivity index (χ1n) is 7.88. The number of aromatic nitrogens is 2. The highest BCUT2D eigenvalue weighted by Gasteiger charge is 2.23. The average Bonchev–Trinajstić information content (AvgIpc) is 2.55. The van der Waals surface area contributed by atoms with Crippen LogP contribution in [0.3, 0.4) is 0 Å². The lowest BCUT2D eigenvalue weighted by Gasteiger charge is -2.28. The smallest absolute Gasteiger partial charge is 0.317 e. The Hall–Kier alpha value is -2.37. The van der Waals surface area contributed by atoms with E-state index in [1.807, 2.05) is 18.2 Å². The van der Waals surface area contributed by atoms with Crippen molar-refractivity contribution in [2.24, 2.45) is 0 Å². The molecule has 1 fully saturated rings. The molecule has 3 rings (SSSR count). The van der Waals surface area contributed by atoms with E-state index >= 15 is 0 Å². The lowest BCUT2D eigenvalue weighted by atomic mass is 9.93. The molecule has 2 aromatic rings. The van der Waals surface area contributed by atoms with Crippen LogP contribution in [0.25, 0.3) is 10.9 Å². The molecule has 6 nitrogen and oxygen atoms in total. The molecule has 0 unspecified atom stereocenters. The van der Waals surface area contributed by atoms with Gasteiger partial charge >= 0.3 is 6.01 Å². The van der Waals surface area contributed by atoms with Crippen LogP contribution in [0, 0.1) is 0 Å². The van der Waals surface area contributed by atoms with E-state index in [9.17, 15) is 4.79 Å². The van der Waals surface area contributed by atoms with Crippen LogP contribution in [-0.2, 0) is 4.79 Å². The molecule has 1 saturated carbocycles. The van der Waals surface area contributed by atoms with E-state index in [0.29, 0.717) is 6.01 Å². The second-order valence-corrected chi connectivity index (χ2v) is 5.87. The number of carbonyl (C=O) groups excluding carboxylic acids is 1. The number of carbonyl (C=O) groups is 1. The van der Waals surface area contributed by atoms with E-state index in [4.69, 9.17) is 9.47 Å². The summed E-state index contributed by atoms with van der Waals surface area (Å²) in [5.74, 6) is 0.791. The van der Waals surface area contributed by atoms with Gasteiger partial charge in [-0.25, -0.2) is 4.98 Å². The minimum absolute atomic E-state index is 0.0289. The van der Waals surface area contributed by atoms with Gasteiger partial charge in [-0.05, 0) is 37.8 Å². The van der Waals surface area contributed by atoms with Gasteiger partial charge in [-0.1, -0.05) is 0 Å². The van der Waals surface area contributed by atoms with Crippen molar-refractivity contribution in [2.75, 3.05) is 7.11 Å². The molecule has 1 amide bonds. The number of rotatable bonds is 4. The van der Waals surface area contributed by atoms with Crippen molar-refractivity contribution in [3.8, 4) is 11.8 Å². The lowest BCUT2D eigenvalue weighted by molar-refractivity contribution is -0.120. The molecule has 0 bridgehead atoms. The number of benzene rings is 1. The minimum Gasteiger partial charge on any atom is -0.497 e. The highest BCUT2D eigenvalue weighted by atomic mass is 16.5. The van der Waals surface area contributed by atoms with Gasteiger partial charge < -0.3 is 14.8 Å². The van der Waals surface area contributed by atoms with Gasteiger partial charge in [0.25, 0.3) is 0 Å². The Morgan fingerprint density at radius 2 is 2.04 bits per heavy atom. The van der Waals surface area contributed by atoms with Gasteiger partial charge in [-0.15, -0.1) is 0 Å². The van der Waals surface area contributed by atoms with Gasteiger partial charge in [-0.3, -0.25) is 4.79 Å². The first-order valence-corrected chi connectivity index (χ1v) is 7.88. The van der Waals surface area contributed by atoms with Crippen LogP contribution >= 0.6 is 0 Å². The quantitative estimate of drug-likeness (QED) is 0.938. The summed E-state index contributed by atoms with van der Waals surface area (Å²) in [6.07, 6.45) is 5.50. The summed E-state index contributed by atoms with van der Waals surface area (Å²) >= 11 is 0. The SMILES string of the molecule is COc1ccc2cnc(OC3CCC(NC(C)=O)CC3)nc2c1. The normalized spacial score (nSPS) is 21.0. The molecule has 0 radical (unpaired) electrons. The molecule has 1 aliphatic rings. The molecule has 0 spiro atoms. The van der Waals surface area contributed by atoms with Crippen molar-refractivity contribution in [2.45, 2.75) is 44.8 Å². The number of fused-ring (bicyclic) bond motifs is 1. The van der Waals surface area contributed by atoms with Crippen molar-refractivity contribution in [3.63, 3.8) is 0 Å². The first kappa shape index (κ1) is 15.5. The zero-order chi connectivity index (χ0) is 16.2. The van der Waals surface area contributed by atoms with Crippen molar-refractivity contribution in [3.05, 3.63) is 24.4 Å². The maximum absolute atomic E-state index is 11.1. The molecule has 0 saturated heterocycles. The van der Waals surface area contributed by atoms with Crippen LogP contribution in [0.15, 0.2) is 24.4 Å². The fourth-order valence-electron chi connectivity index (χ4n) is 2.93. The Bertz CT molecular complexity index is 697. The average molecular weight is 315 g/mol. The lowest BCUT2D eigenvalue weighted by Crippen LogP contribution is -2.38. The number of nitrogens with zero attached hydrogens (tertiary/aromatic N) is 2. The molecule has 1 aromatic carbocycles. The third-order valence-electron chi connectivity index (χ3n) is 4.12. The van der Waals surface area contributed by atoms with Crippen LogP contribution in [-0.4, -0.2) is 35.1 Å². The molecule has 6 heteroatoms. The highest BCUT2D eigenvalue weighted by Crippen LogP contribution is 2.24. The molecule has 122 valence electrons. The van der Waals surface area contributed by atoms with Gasteiger partial charge in [0.05, 0.1) is 12.6 Å². The van der Waals surface area contributed by atoms with Gasteiger partial charge in [0.15, 0.2) is 0 Å². The maximum Gasteiger partial charge on any atom is 0.317 e. The summed E-state index contributed by atoms with van der Waals surface area (Å²) in [7, 11) is 1.63. The molecule has 1 heterocycles. The van der Waals surface area contributed by atoms with Crippen LogP contribution in [0.4, 0.5) is 0 Å². The van der Waals surface area contributed by atoms with Gasteiger partial charge in [0.1, 0.15) is 11.9 Å². The molecule has 0 atom stereocenters. The third-order valence-corrected chi connectivity index (χ3v) is 4.12. The van der Waals surface area contributed by atoms with Gasteiger partial charge in [-0.2, -0.15) is 4.98 Å². The Balaban J connectivity index is 1.64. The molecule has 23 heavy (non-hydrogen) atoms. The van der Waals surface area contributed by atoms with E-state index in [1.54, 1.807) is 20.2 Å². The summed E-state index contributed by atoms with van der Waals surface area (Å²) in [6, 6.07) is 6.34. The van der Waals surface area contributed by atoms with E-state index in [1.165, 1.54) is 0 Å². The molecular formula is C17H21N3O3. The van der Waals surface area contributed by atoms with Gasteiger partial charge in [0.2, 0.25) is 5.91 Å². The number of ether oxygens (including phenoxy) is 2. The van der Waals surface area contributed by atoms with E-state index < -0.39 is 0 Å². The van der Waals surface area contributed by atoms with Crippen molar-refractivity contribution in [1.82, 2.24) is 15.3 Å². The van der Waals surface area contributed by atoms with Crippen LogP contribution in [0.5, 0.6) is 11.8 Å². The standard InChI is InChI=1S/C17H21N3O3/c1-11(21)19-13-4-7-14(8-5-13)23-17-18-10-12-3-6-15(22-2)9-16(12)20-17/h3,6,9-10,13-14H,4-5,7-8H2,1-2H3,(H,19,21). The van der Waals surface area contributed by atoms with E-state index in [0.717, 1.165) is 42.3 Å². The monoisotopic (exact) mass is 315 g/mol. The highest BCUT2D eigenvalue weighted by molar-refractivity contribution is 5.79. The van der Waals surface area contributed by atoms with Crippen LogP contribution in [0.1, 0.15) is 32.6 Å². The first-order chi connectivity index (χ1) is 11.1. The Morgan fingerprint density at radius 1 is 1.26 bits per heavy atom. The molecular weight excluding hydrogens is 294 g/mol. The van der Waals surface area contributed by atoms with Crippen LogP contribution < -0.4 is 14.8 Å². The third kappa shape index (κ3) is 3.88. The fraction of sp³-hybridized carbons (Fsp3) is 0.471. The summed E-state index contributed by atoms with van der Waals surface area (Å²) in [5.41, 5.74) is 0.807. The van der Waals surface area contributed by atoms with Gasteiger partial charge in [0, 0.05) is 30.6 Å². The molecule has 1 aliphatic carbocycles. The van der Waals surface area contributed by atoms with Crippen molar-refractivity contribution < 1.29 is 14.3 Å². The Morgan fingerprint density at radius 3 is 2.74 bits per heavy atom. The number of hydrogen-bond donors (Lipinski definition) is 1. The summed E-state index contributed by atoms with van der Waals surface area (Å²) in [5, 5.41) is 3.91. The predicted molar refractivity (Wildman–Crippen MR) is 86.6 cm³/mol. The second-order valence-electron chi connectivity index (χ2n) is 5.87. The predicted octanol–water partition coefficient (Wildman–Crippen LogP) is 2.46. The van der Waals surface area contributed by atoms with E-state index in [-0.39, 0.29) is 18.1 Å². The number of nitrogens with one attached hydrogen (secondary N) is 1. The Kier molecular flexibility index (Phi) is 4.60. The van der Waals surface area contributed by atoms with Crippen molar-refractivity contribution >= 4 is 16.8 Å². The summed E-state index contributed by atoms with van der Waals surface area (Å²) in [4.78, 5) is 19.8. The van der Waals surface area contributed by atoms with Crippen molar-refractivity contribution in [1.29, 1.82) is 0 Å². The number of methoxy groups -OCH3 is 1. The zero-order valence-corrected chi connectivity index (χ0v) is 13.4. The number of amides is 1.